The van der Waals surface area contributed by atoms with Crippen LogP contribution in [0.25, 0.3) is 5.69 Å². The summed E-state index contributed by atoms with van der Waals surface area (Å²) in [5.74, 6) is 0.753. The molecule has 7 nitrogen and oxygen atoms in total. The number of aryl methyl sites for hydroxylation is 1. The molecule has 0 atom stereocenters. The normalized spacial score (nSPS) is 12.1. The van der Waals surface area contributed by atoms with Crippen LogP contribution in [0.4, 0.5) is 5.69 Å². The molecule has 2 aromatic carbocycles. The van der Waals surface area contributed by atoms with Crippen molar-refractivity contribution in [3.05, 3.63) is 59.4 Å². The Morgan fingerprint density at radius 1 is 1.20 bits per heavy atom. The third kappa shape index (κ3) is 3.91. The molecular weight excluding hydrogens is 402 g/mol. The second kappa shape index (κ2) is 8.23. The molecule has 8 heteroatoms. The molecule has 1 N–H and O–H groups in total. The molecule has 154 valence electrons. The highest BCUT2D eigenvalue weighted by Gasteiger charge is 2.20. The summed E-state index contributed by atoms with van der Waals surface area (Å²) in [6.07, 6.45) is 3.60. The van der Waals surface area contributed by atoms with E-state index < -0.39 is 0 Å². The first-order valence-corrected chi connectivity index (χ1v) is 10.4. The standard InChI is InChI=1S/C22H21N3O4S/c1-13-5-4-6-18(14(13)2)25-8-7-23-22(25)30-11-21(27)24-17-10-20-19(28-12-29-20)9-16(17)15(3)26/h4-10H,11-12H2,1-3H3,(H,24,27). The Morgan fingerprint density at radius 2 is 1.97 bits per heavy atom. The van der Waals surface area contributed by atoms with Crippen LogP contribution in [0.3, 0.4) is 0 Å². The number of fused-ring (bicyclic) bond motifs is 1. The van der Waals surface area contributed by atoms with Gasteiger partial charge in [0.1, 0.15) is 0 Å². The molecule has 0 bridgehead atoms. The lowest BCUT2D eigenvalue weighted by atomic mass is 10.1. The number of hydrogen-bond acceptors (Lipinski definition) is 6. The Kier molecular flexibility index (Phi) is 5.50. The molecule has 2 heterocycles. The van der Waals surface area contributed by atoms with Gasteiger partial charge in [0.25, 0.3) is 0 Å². The number of carbonyl (C=O) groups is 2. The molecule has 1 aliphatic rings. The number of thioether (sulfide) groups is 1. The van der Waals surface area contributed by atoms with Crippen LogP contribution in [0, 0.1) is 13.8 Å². The van der Waals surface area contributed by atoms with Gasteiger partial charge in [-0.2, -0.15) is 0 Å². The first-order valence-electron chi connectivity index (χ1n) is 9.41. The van der Waals surface area contributed by atoms with Crippen LogP contribution in [-0.2, 0) is 4.79 Å². The molecular formula is C22H21N3O4S. The number of ether oxygens (including phenoxy) is 2. The van der Waals surface area contributed by atoms with Crippen LogP contribution in [0.15, 0.2) is 47.9 Å². The average molecular weight is 423 g/mol. The van der Waals surface area contributed by atoms with E-state index >= 15 is 0 Å². The van der Waals surface area contributed by atoms with Gasteiger partial charge in [-0.05, 0) is 44.0 Å². The highest BCUT2D eigenvalue weighted by molar-refractivity contribution is 7.99. The van der Waals surface area contributed by atoms with E-state index in [9.17, 15) is 9.59 Å². The van der Waals surface area contributed by atoms with Gasteiger partial charge in [-0.3, -0.25) is 14.2 Å². The third-order valence-corrected chi connectivity index (χ3v) is 5.91. The fourth-order valence-corrected chi connectivity index (χ4v) is 4.00. The van der Waals surface area contributed by atoms with Gasteiger partial charge in [-0.1, -0.05) is 23.9 Å². The zero-order valence-corrected chi connectivity index (χ0v) is 17.7. The third-order valence-electron chi connectivity index (χ3n) is 4.94. The molecule has 1 aromatic heterocycles. The second-order valence-electron chi connectivity index (χ2n) is 6.94. The van der Waals surface area contributed by atoms with E-state index in [1.165, 1.54) is 24.2 Å². The highest BCUT2D eigenvalue weighted by Crippen LogP contribution is 2.37. The Bertz CT molecular complexity index is 1140. The van der Waals surface area contributed by atoms with E-state index in [0.717, 1.165) is 16.4 Å². The van der Waals surface area contributed by atoms with Gasteiger partial charge in [-0.25, -0.2) is 4.98 Å². The summed E-state index contributed by atoms with van der Waals surface area (Å²) in [4.78, 5) is 29.0. The number of amides is 1. The maximum Gasteiger partial charge on any atom is 0.234 e. The Balaban J connectivity index is 1.49. The summed E-state index contributed by atoms with van der Waals surface area (Å²) in [5.41, 5.74) is 4.18. The van der Waals surface area contributed by atoms with Crippen LogP contribution in [0.5, 0.6) is 11.5 Å². The van der Waals surface area contributed by atoms with Gasteiger partial charge in [0, 0.05) is 24.0 Å². The van der Waals surface area contributed by atoms with Crippen LogP contribution in [0.2, 0.25) is 0 Å². The Morgan fingerprint density at radius 3 is 2.73 bits per heavy atom. The number of benzene rings is 2. The molecule has 1 amide bonds. The number of Topliss-reactive ketones (excluding diaryl/α,β-unsaturated/α-hetero) is 1. The van der Waals surface area contributed by atoms with Gasteiger partial charge < -0.3 is 14.8 Å². The lowest BCUT2D eigenvalue weighted by Gasteiger charge is -2.13. The minimum atomic E-state index is -0.239. The number of rotatable bonds is 6. The Labute approximate surface area is 178 Å². The molecule has 3 aromatic rings. The molecule has 0 fully saturated rings. The number of carbonyl (C=O) groups excluding carboxylic acids is 2. The lowest BCUT2D eigenvalue weighted by Crippen LogP contribution is -2.16. The zero-order valence-electron chi connectivity index (χ0n) is 16.9. The minimum Gasteiger partial charge on any atom is -0.454 e. The van der Waals surface area contributed by atoms with Gasteiger partial charge in [0.15, 0.2) is 22.4 Å². The highest BCUT2D eigenvalue weighted by atomic mass is 32.2. The maximum atomic E-state index is 12.6. The number of ketones is 1. The van der Waals surface area contributed by atoms with E-state index in [2.05, 4.69) is 30.2 Å². The van der Waals surface area contributed by atoms with Crippen molar-refractivity contribution in [1.29, 1.82) is 0 Å². The summed E-state index contributed by atoms with van der Waals surface area (Å²) in [7, 11) is 0. The van der Waals surface area contributed by atoms with Crippen molar-refractivity contribution in [2.45, 2.75) is 25.9 Å². The number of nitrogens with one attached hydrogen (secondary N) is 1. The number of aromatic nitrogens is 2. The SMILES string of the molecule is CC(=O)c1cc2c(cc1NC(=O)CSc1nccn1-c1cccc(C)c1C)OCO2. The monoisotopic (exact) mass is 423 g/mol. The quantitative estimate of drug-likeness (QED) is 0.474. The first-order chi connectivity index (χ1) is 14.4. The minimum absolute atomic E-state index is 0.0982. The van der Waals surface area contributed by atoms with Crippen LogP contribution in [-0.4, -0.2) is 33.8 Å². The lowest BCUT2D eigenvalue weighted by molar-refractivity contribution is -0.113. The molecule has 0 saturated heterocycles. The van der Waals surface area contributed by atoms with Crippen LogP contribution < -0.4 is 14.8 Å². The van der Waals surface area contributed by atoms with Crippen molar-refractivity contribution < 1.29 is 19.1 Å². The summed E-state index contributed by atoms with van der Waals surface area (Å²) in [5, 5.41) is 3.53. The van der Waals surface area contributed by atoms with E-state index in [1.54, 1.807) is 18.3 Å². The molecule has 30 heavy (non-hydrogen) atoms. The predicted molar refractivity (Wildman–Crippen MR) is 115 cm³/mol. The molecule has 0 aliphatic carbocycles. The van der Waals surface area contributed by atoms with Crippen molar-refractivity contribution in [3.63, 3.8) is 0 Å². The molecule has 1 aliphatic heterocycles. The van der Waals surface area contributed by atoms with Crippen LogP contribution in [0.1, 0.15) is 28.4 Å². The summed E-state index contributed by atoms with van der Waals surface area (Å²) in [6.45, 7) is 5.67. The topological polar surface area (TPSA) is 82.5 Å². The fraction of sp³-hybridized carbons (Fsp3) is 0.227. The van der Waals surface area contributed by atoms with Crippen LogP contribution >= 0.6 is 11.8 Å². The number of anilines is 1. The molecule has 0 unspecified atom stereocenters. The second-order valence-corrected chi connectivity index (χ2v) is 7.89. The fourth-order valence-electron chi connectivity index (χ4n) is 3.23. The summed E-state index contributed by atoms with van der Waals surface area (Å²) < 4.78 is 12.6. The first kappa shape index (κ1) is 20.0. The van der Waals surface area contributed by atoms with Gasteiger partial charge >= 0.3 is 0 Å². The van der Waals surface area contributed by atoms with Crippen molar-refractivity contribution in [2.24, 2.45) is 0 Å². The summed E-state index contributed by atoms with van der Waals surface area (Å²) in [6, 6.07) is 9.31. The van der Waals surface area contributed by atoms with Gasteiger partial charge in [0.2, 0.25) is 12.7 Å². The Hall–Kier alpha value is -3.26. The van der Waals surface area contributed by atoms with Gasteiger partial charge in [-0.15, -0.1) is 0 Å². The molecule has 4 rings (SSSR count). The van der Waals surface area contributed by atoms with E-state index in [1.807, 2.05) is 22.9 Å². The zero-order chi connectivity index (χ0) is 21.3. The number of imidazole rings is 1. The number of hydrogen-bond donors (Lipinski definition) is 1. The van der Waals surface area contributed by atoms with Crippen molar-refractivity contribution in [3.8, 4) is 17.2 Å². The predicted octanol–water partition coefficient (Wildman–Crippen LogP) is 4.15. The van der Waals surface area contributed by atoms with E-state index in [0.29, 0.717) is 22.7 Å². The smallest absolute Gasteiger partial charge is 0.234 e. The maximum absolute atomic E-state index is 12.6. The largest absolute Gasteiger partial charge is 0.454 e. The number of nitrogens with zero attached hydrogens (tertiary/aromatic N) is 2. The molecule has 0 saturated carbocycles. The van der Waals surface area contributed by atoms with E-state index in [-0.39, 0.29) is 24.2 Å². The summed E-state index contributed by atoms with van der Waals surface area (Å²) >= 11 is 1.33. The molecule has 0 radical (unpaired) electrons. The van der Waals surface area contributed by atoms with Crippen molar-refractivity contribution in [1.82, 2.24) is 9.55 Å². The van der Waals surface area contributed by atoms with E-state index in [4.69, 9.17) is 9.47 Å². The van der Waals surface area contributed by atoms with Crippen molar-refractivity contribution >= 4 is 29.1 Å². The van der Waals surface area contributed by atoms with Crippen molar-refractivity contribution in [2.75, 3.05) is 17.9 Å². The average Bonchev–Trinajstić information content (AvgIpc) is 3.36. The molecule has 0 spiro atoms. The van der Waals surface area contributed by atoms with Gasteiger partial charge in [0.05, 0.1) is 17.1 Å².